The van der Waals surface area contributed by atoms with Gasteiger partial charge in [-0.1, -0.05) is 31.0 Å². The molecule has 2 fully saturated rings. The normalized spacial score (nSPS) is 19.7. The molecule has 1 amide bonds. The van der Waals surface area contributed by atoms with Crippen molar-refractivity contribution in [3.8, 4) is 16.9 Å². The lowest BCUT2D eigenvalue weighted by atomic mass is 10.1. The lowest BCUT2D eigenvalue weighted by Gasteiger charge is -2.02. The number of aliphatic imine (C=N–C) groups is 1. The fourth-order valence-electron chi connectivity index (χ4n) is 3.76. The van der Waals surface area contributed by atoms with Crippen molar-refractivity contribution >= 4 is 28.9 Å². The van der Waals surface area contributed by atoms with Crippen molar-refractivity contribution in [1.29, 1.82) is 0 Å². The molecule has 1 N–H and O–H groups in total. The average molecular weight is 416 g/mol. The van der Waals surface area contributed by atoms with E-state index in [1.807, 2.05) is 59.4 Å². The number of para-hydroxylation sites is 1. The molecule has 0 radical (unpaired) electrons. The van der Waals surface area contributed by atoms with Gasteiger partial charge in [-0.15, -0.1) is 0 Å². The van der Waals surface area contributed by atoms with Gasteiger partial charge in [0.15, 0.2) is 5.17 Å². The van der Waals surface area contributed by atoms with Crippen molar-refractivity contribution in [2.75, 3.05) is 0 Å². The van der Waals surface area contributed by atoms with Crippen molar-refractivity contribution < 1.29 is 4.79 Å². The number of benzene rings is 1. The molecule has 6 nitrogen and oxygen atoms in total. The minimum atomic E-state index is -0.110. The highest BCUT2D eigenvalue weighted by molar-refractivity contribution is 8.18. The van der Waals surface area contributed by atoms with Gasteiger partial charge in [-0.25, -0.2) is 4.68 Å². The zero-order valence-electron chi connectivity index (χ0n) is 16.4. The monoisotopic (exact) mass is 415 g/mol. The quantitative estimate of drug-likeness (QED) is 0.640. The maximum absolute atomic E-state index is 12.6. The topological polar surface area (TPSA) is 72.2 Å². The van der Waals surface area contributed by atoms with Crippen LogP contribution in [-0.4, -0.2) is 31.9 Å². The predicted octanol–water partition coefficient (Wildman–Crippen LogP) is 4.44. The van der Waals surface area contributed by atoms with Crippen molar-refractivity contribution in [2.45, 2.75) is 31.7 Å². The molecule has 2 aromatic heterocycles. The lowest BCUT2D eigenvalue weighted by molar-refractivity contribution is -0.115. The first kappa shape index (κ1) is 18.8. The molecule has 0 atom stereocenters. The number of amidine groups is 1. The Bertz CT molecular complexity index is 1120. The summed E-state index contributed by atoms with van der Waals surface area (Å²) in [5.41, 5.74) is 3.52. The van der Waals surface area contributed by atoms with Gasteiger partial charge >= 0.3 is 0 Å². The minimum Gasteiger partial charge on any atom is -0.301 e. The van der Waals surface area contributed by atoms with E-state index in [9.17, 15) is 4.79 Å². The summed E-state index contributed by atoms with van der Waals surface area (Å²) in [4.78, 5) is 22.1. The van der Waals surface area contributed by atoms with Gasteiger partial charge in [0, 0.05) is 29.7 Å². The Balaban J connectivity index is 1.51. The van der Waals surface area contributed by atoms with E-state index < -0.39 is 0 Å². The molecule has 1 saturated heterocycles. The van der Waals surface area contributed by atoms with Gasteiger partial charge in [0.25, 0.3) is 5.91 Å². The number of aromatic nitrogens is 3. The van der Waals surface area contributed by atoms with Crippen LogP contribution < -0.4 is 5.32 Å². The van der Waals surface area contributed by atoms with Crippen LogP contribution in [0.2, 0.25) is 0 Å². The summed E-state index contributed by atoms with van der Waals surface area (Å²) in [5, 5.41) is 8.40. The van der Waals surface area contributed by atoms with Crippen LogP contribution in [0.1, 0.15) is 31.2 Å². The summed E-state index contributed by atoms with van der Waals surface area (Å²) in [7, 11) is 0. The lowest BCUT2D eigenvalue weighted by Crippen LogP contribution is -2.21. The number of hydrogen-bond acceptors (Lipinski definition) is 5. The molecule has 2 aliphatic rings. The number of thioether (sulfide) groups is 1. The molecule has 150 valence electrons. The molecule has 1 saturated carbocycles. The summed E-state index contributed by atoms with van der Waals surface area (Å²) in [6.07, 6.45) is 12.0. The number of pyridine rings is 1. The van der Waals surface area contributed by atoms with Gasteiger partial charge in [0.05, 0.1) is 16.6 Å². The third-order valence-corrected chi connectivity index (χ3v) is 6.18. The van der Waals surface area contributed by atoms with Gasteiger partial charge in [-0.2, -0.15) is 5.10 Å². The van der Waals surface area contributed by atoms with Crippen LogP contribution in [0, 0.1) is 0 Å². The summed E-state index contributed by atoms with van der Waals surface area (Å²) in [6.45, 7) is 0. The third-order valence-electron chi connectivity index (χ3n) is 5.26. The Labute approximate surface area is 179 Å². The van der Waals surface area contributed by atoms with Crippen LogP contribution in [0.3, 0.4) is 0 Å². The van der Waals surface area contributed by atoms with E-state index in [0.29, 0.717) is 16.1 Å². The highest BCUT2D eigenvalue weighted by Gasteiger charge is 2.26. The summed E-state index contributed by atoms with van der Waals surface area (Å²) < 4.78 is 1.83. The van der Waals surface area contributed by atoms with Crippen LogP contribution in [-0.2, 0) is 4.79 Å². The second kappa shape index (κ2) is 8.28. The van der Waals surface area contributed by atoms with Gasteiger partial charge in [-0.05, 0) is 54.9 Å². The average Bonchev–Trinajstić information content (AvgIpc) is 3.51. The van der Waals surface area contributed by atoms with Crippen molar-refractivity contribution in [1.82, 2.24) is 20.1 Å². The third kappa shape index (κ3) is 3.93. The Hall–Kier alpha value is -3.19. The van der Waals surface area contributed by atoms with Gasteiger partial charge in [0.2, 0.25) is 0 Å². The van der Waals surface area contributed by atoms with Crippen LogP contribution in [0.15, 0.2) is 71.0 Å². The number of nitrogens with one attached hydrogen (secondary N) is 1. The molecule has 3 heterocycles. The van der Waals surface area contributed by atoms with Gasteiger partial charge in [-0.3, -0.25) is 14.8 Å². The van der Waals surface area contributed by atoms with E-state index in [1.54, 1.807) is 12.4 Å². The van der Waals surface area contributed by atoms with Crippen LogP contribution >= 0.6 is 11.8 Å². The number of hydrogen-bond donors (Lipinski definition) is 1. The SMILES string of the molecule is O=C1NC(=NC2CCCC2)SC1=Cc1cn(-c2ccccc2)nc1-c1cccnc1. The van der Waals surface area contributed by atoms with Crippen molar-refractivity contribution in [3.05, 3.63) is 71.5 Å². The Morgan fingerprint density at radius 1 is 1.13 bits per heavy atom. The smallest absolute Gasteiger partial charge is 0.264 e. The number of rotatable bonds is 4. The summed E-state index contributed by atoms with van der Waals surface area (Å²) in [5.74, 6) is -0.110. The van der Waals surface area contributed by atoms with Crippen LogP contribution in [0.4, 0.5) is 0 Å². The van der Waals surface area contributed by atoms with Gasteiger partial charge in [0.1, 0.15) is 5.69 Å². The molecule has 3 aromatic rings. The Morgan fingerprint density at radius 3 is 2.73 bits per heavy atom. The maximum atomic E-state index is 12.6. The summed E-state index contributed by atoms with van der Waals surface area (Å²) >= 11 is 1.41. The number of amides is 1. The first-order valence-corrected chi connectivity index (χ1v) is 10.9. The summed E-state index contributed by atoms with van der Waals surface area (Å²) in [6, 6.07) is 14.1. The standard InChI is InChI=1S/C23H21N5OS/c29-22-20(30-23(26-22)25-18-8-4-5-9-18)13-17-15-28(19-10-2-1-3-11-19)27-21(17)16-7-6-12-24-14-16/h1-3,6-7,10-15,18H,4-5,8-9H2,(H,25,26,29). The molecule has 0 spiro atoms. The number of carbonyl (C=O) groups excluding carboxylic acids is 1. The number of nitrogens with zero attached hydrogens (tertiary/aromatic N) is 4. The van der Waals surface area contributed by atoms with Crippen molar-refractivity contribution in [3.63, 3.8) is 0 Å². The van der Waals surface area contributed by atoms with Crippen LogP contribution in [0.25, 0.3) is 23.0 Å². The first-order chi connectivity index (χ1) is 14.8. The predicted molar refractivity (Wildman–Crippen MR) is 120 cm³/mol. The van der Waals surface area contributed by atoms with E-state index in [2.05, 4.69) is 10.3 Å². The fourth-order valence-corrected chi connectivity index (χ4v) is 4.65. The van der Waals surface area contributed by atoms with E-state index in [1.165, 1.54) is 24.6 Å². The molecular formula is C23H21N5OS. The largest absolute Gasteiger partial charge is 0.301 e. The highest BCUT2D eigenvalue weighted by atomic mass is 32.2. The molecule has 1 aliphatic heterocycles. The first-order valence-electron chi connectivity index (χ1n) is 10.1. The Morgan fingerprint density at radius 2 is 1.97 bits per heavy atom. The number of carbonyl (C=O) groups is 1. The second-order valence-corrected chi connectivity index (χ2v) is 8.42. The molecule has 0 bridgehead atoms. The van der Waals surface area contributed by atoms with E-state index in [4.69, 9.17) is 10.1 Å². The van der Waals surface area contributed by atoms with E-state index in [0.717, 1.165) is 35.3 Å². The zero-order valence-corrected chi connectivity index (χ0v) is 17.2. The Kier molecular flexibility index (Phi) is 5.19. The minimum absolute atomic E-state index is 0.110. The maximum Gasteiger partial charge on any atom is 0.264 e. The molecule has 5 rings (SSSR count). The molecule has 1 aromatic carbocycles. The second-order valence-electron chi connectivity index (χ2n) is 7.39. The molecule has 1 aliphatic carbocycles. The fraction of sp³-hybridized carbons (Fsp3) is 0.217. The van der Waals surface area contributed by atoms with Gasteiger partial charge < -0.3 is 5.32 Å². The molecular weight excluding hydrogens is 394 g/mol. The molecule has 7 heteroatoms. The molecule has 0 unspecified atom stereocenters. The highest BCUT2D eigenvalue weighted by Crippen LogP contribution is 2.32. The van der Waals surface area contributed by atoms with E-state index in [-0.39, 0.29) is 5.91 Å². The van der Waals surface area contributed by atoms with E-state index >= 15 is 0 Å². The molecule has 30 heavy (non-hydrogen) atoms. The van der Waals surface area contributed by atoms with Crippen LogP contribution in [0.5, 0.6) is 0 Å². The van der Waals surface area contributed by atoms with Crippen molar-refractivity contribution in [2.24, 2.45) is 4.99 Å². The zero-order chi connectivity index (χ0) is 20.3.